The number of benzene rings is 5. The second kappa shape index (κ2) is 9.51. The molecule has 4 heteroatoms. The predicted octanol–water partition coefficient (Wildman–Crippen LogP) is 8.40. The van der Waals surface area contributed by atoms with Crippen LogP contribution in [0.25, 0.3) is 67.0 Å². The first kappa shape index (κ1) is 22.8. The van der Waals surface area contributed by atoms with Gasteiger partial charge >= 0.3 is 0 Å². The van der Waals surface area contributed by atoms with Crippen molar-refractivity contribution in [3.05, 3.63) is 144 Å². The summed E-state index contributed by atoms with van der Waals surface area (Å²) in [6, 6.07) is 43.6. The molecule has 7 rings (SSSR count). The van der Waals surface area contributed by atoms with E-state index in [0.717, 1.165) is 39.2 Å². The first-order valence-corrected chi connectivity index (χ1v) is 12.8. The minimum Gasteiger partial charge on any atom is -0.456 e. The summed E-state index contributed by atoms with van der Waals surface area (Å²) < 4.78 is 6.08. The maximum Gasteiger partial charge on any atom is 0.200 e. The van der Waals surface area contributed by atoms with Crippen LogP contribution in [0, 0.1) is 0 Å². The third kappa shape index (κ3) is 4.28. The minimum atomic E-state index is -0.0130. The molecule has 4 nitrogen and oxygen atoms in total. The Balaban J connectivity index is 1.29. The van der Waals surface area contributed by atoms with Crippen LogP contribution in [0.15, 0.2) is 143 Å². The third-order valence-electron chi connectivity index (χ3n) is 6.92. The van der Waals surface area contributed by atoms with E-state index in [9.17, 15) is 4.79 Å². The van der Waals surface area contributed by atoms with Gasteiger partial charge in [-0.3, -0.25) is 4.79 Å². The zero-order valence-electron chi connectivity index (χ0n) is 20.9. The van der Waals surface area contributed by atoms with Crippen LogP contribution in [0.5, 0.6) is 0 Å². The zero-order chi connectivity index (χ0) is 26.2. The number of rotatable bonds is 4. The Morgan fingerprint density at radius 2 is 0.974 bits per heavy atom. The Labute approximate surface area is 224 Å². The lowest BCUT2D eigenvalue weighted by Crippen LogP contribution is -2.01. The molecule has 5 aromatic carbocycles. The molecule has 0 N–H and O–H groups in total. The first-order valence-electron chi connectivity index (χ1n) is 12.8. The normalized spacial score (nSPS) is 11.2. The van der Waals surface area contributed by atoms with E-state index in [2.05, 4.69) is 36.4 Å². The lowest BCUT2D eigenvalue weighted by Gasteiger charge is -2.10. The van der Waals surface area contributed by atoms with Crippen LogP contribution in [-0.2, 0) is 0 Å². The third-order valence-corrected chi connectivity index (χ3v) is 6.92. The topological polar surface area (TPSA) is 56.0 Å². The van der Waals surface area contributed by atoms with E-state index in [1.165, 1.54) is 0 Å². The minimum absolute atomic E-state index is 0.0130. The molecule has 7 aromatic rings. The zero-order valence-corrected chi connectivity index (χ0v) is 20.9. The number of para-hydroxylation sites is 1. The van der Waals surface area contributed by atoms with Crippen LogP contribution in [-0.4, -0.2) is 9.97 Å². The molecule has 0 saturated heterocycles. The average Bonchev–Trinajstić information content (AvgIpc) is 3.02. The Bertz CT molecular complexity index is 1960. The molecule has 0 radical (unpaired) electrons. The van der Waals surface area contributed by atoms with E-state index in [4.69, 9.17) is 14.4 Å². The van der Waals surface area contributed by atoms with Crippen molar-refractivity contribution in [3.63, 3.8) is 0 Å². The lowest BCUT2D eigenvalue weighted by molar-refractivity contribution is 0.660. The molecule has 0 aliphatic heterocycles. The fourth-order valence-corrected chi connectivity index (χ4v) is 4.88. The summed E-state index contributed by atoms with van der Waals surface area (Å²) in [4.78, 5) is 22.7. The fraction of sp³-hybridized carbons (Fsp3) is 0. The molecule has 0 atom stereocenters. The first-order chi connectivity index (χ1) is 19.2. The van der Waals surface area contributed by atoms with Crippen molar-refractivity contribution in [2.75, 3.05) is 0 Å². The Hall–Kier alpha value is -5.35. The summed E-state index contributed by atoms with van der Waals surface area (Å²) in [7, 11) is 0. The monoisotopic (exact) mass is 502 g/mol. The highest BCUT2D eigenvalue weighted by Crippen LogP contribution is 2.30. The molecule has 2 aromatic heterocycles. The van der Waals surface area contributed by atoms with E-state index in [1.54, 1.807) is 6.07 Å². The van der Waals surface area contributed by atoms with Gasteiger partial charge in [0, 0.05) is 16.7 Å². The molecule has 0 unspecified atom stereocenters. The van der Waals surface area contributed by atoms with Crippen molar-refractivity contribution in [1.29, 1.82) is 0 Å². The number of fused-ring (bicyclic) bond motifs is 2. The summed E-state index contributed by atoms with van der Waals surface area (Å²) in [6.07, 6.45) is 0. The second-order valence-corrected chi connectivity index (χ2v) is 9.41. The van der Waals surface area contributed by atoms with Crippen molar-refractivity contribution in [3.8, 4) is 45.0 Å². The van der Waals surface area contributed by atoms with Crippen LogP contribution >= 0.6 is 0 Å². The Morgan fingerprint density at radius 1 is 0.436 bits per heavy atom. The molecule has 39 heavy (non-hydrogen) atoms. The predicted molar refractivity (Wildman–Crippen MR) is 157 cm³/mol. The van der Waals surface area contributed by atoms with Crippen LogP contribution in [0.3, 0.4) is 0 Å². The van der Waals surface area contributed by atoms with E-state index >= 15 is 0 Å². The van der Waals surface area contributed by atoms with Gasteiger partial charge in [0.2, 0.25) is 5.43 Å². The summed E-state index contributed by atoms with van der Waals surface area (Å²) in [5.74, 6) is 0.688. The van der Waals surface area contributed by atoms with E-state index < -0.39 is 0 Å². The van der Waals surface area contributed by atoms with Gasteiger partial charge in [-0.05, 0) is 41.5 Å². The highest BCUT2D eigenvalue weighted by molar-refractivity contribution is 5.91. The van der Waals surface area contributed by atoms with Crippen LogP contribution < -0.4 is 5.43 Å². The van der Waals surface area contributed by atoms with Gasteiger partial charge in [0.15, 0.2) is 5.82 Å². The molecule has 0 saturated carbocycles. The molecule has 0 amide bonds. The summed E-state index contributed by atoms with van der Waals surface area (Å²) >= 11 is 0. The highest BCUT2D eigenvalue weighted by Gasteiger charge is 2.12. The van der Waals surface area contributed by atoms with Gasteiger partial charge in [0.05, 0.1) is 22.2 Å². The van der Waals surface area contributed by atoms with Crippen molar-refractivity contribution in [2.24, 2.45) is 0 Å². The standard InChI is InChI=1S/C35H22N2O2/c38-34-28-13-7-8-14-32(28)39-33-21-27(19-20-29(33)34)23-15-17-25(18-16-23)31-22-30(24-9-3-1-4-10-24)36-35(37-31)26-11-5-2-6-12-26/h1-22H. The molecular weight excluding hydrogens is 480 g/mol. The molecular formula is C35H22N2O2. The quantitative estimate of drug-likeness (QED) is 0.227. The largest absolute Gasteiger partial charge is 0.456 e. The molecule has 0 aliphatic carbocycles. The fourth-order valence-electron chi connectivity index (χ4n) is 4.88. The Kier molecular flexibility index (Phi) is 5.56. The van der Waals surface area contributed by atoms with Gasteiger partial charge in [-0.15, -0.1) is 0 Å². The maximum atomic E-state index is 12.9. The molecule has 0 aliphatic rings. The van der Waals surface area contributed by atoms with Crippen molar-refractivity contribution in [2.45, 2.75) is 0 Å². The summed E-state index contributed by atoms with van der Waals surface area (Å²) in [6.45, 7) is 0. The smallest absolute Gasteiger partial charge is 0.200 e. The molecule has 2 heterocycles. The molecule has 0 spiro atoms. The van der Waals surface area contributed by atoms with Gasteiger partial charge in [-0.2, -0.15) is 0 Å². The average molecular weight is 503 g/mol. The lowest BCUT2D eigenvalue weighted by atomic mass is 10.0. The van der Waals surface area contributed by atoms with Gasteiger partial charge in [0.25, 0.3) is 0 Å². The number of nitrogens with zero attached hydrogens (tertiary/aromatic N) is 2. The van der Waals surface area contributed by atoms with Crippen molar-refractivity contribution < 1.29 is 4.42 Å². The van der Waals surface area contributed by atoms with Gasteiger partial charge in [0.1, 0.15) is 11.2 Å². The Morgan fingerprint density at radius 3 is 1.69 bits per heavy atom. The van der Waals surface area contributed by atoms with Gasteiger partial charge in [-0.25, -0.2) is 9.97 Å². The van der Waals surface area contributed by atoms with E-state index in [-0.39, 0.29) is 5.43 Å². The number of hydrogen-bond donors (Lipinski definition) is 0. The maximum absolute atomic E-state index is 12.9. The number of hydrogen-bond acceptors (Lipinski definition) is 4. The van der Waals surface area contributed by atoms with Crippen LogP contribution in [0.4, 0.5) is 0 Å². The summed E-state index contributed by atoms with van der Waals surface area (Å²) in [5, 5.41) is 1.17. The second-order valence-electron chi connectivity index (χ2n) is 9.41. The highest BCUT2D eigenvalue weighted by atomic mass is 16.3. The van der Waals surface area contributed by atoms with E-state index in [1.807, 2.05) is 91.0 Å². The van der Waals surface area contributed by atoms with Gasteiger partial charge < -0.3 is 4.42 Å². The molecule has 0 fully saturated rings. The molecule has 0 bridgehead atoms. The van der Waals surface area contributed by atoms with Crippen LogP contribution in [0.2, 0.25) is 0 Å². The SMILES string of the molecule is O=c1c2ccccc2oc2cc(-c3ccc(-c4cc(-c5ccccc5)nc(-c5ccccc5)n4)cc3)ccc12. The summed E-state index contributed by atoms with van der Waals surface area (Å²) in [5.41, 5.74) is 7.90. The number of aromatic nitrogens is 2. The van der Waals surface area contributed by atoms with Crippen molar-refractivity contribution >= 4 is 21.9 Å². The van der Waals surface area contributed by atoms with Gasteiger partial charge in [-0.1, -0.05) is 103 Å². The molecule has 184 valence electrons. The van der Waals surface area contributed by atoms with E-state index in [0.29, 0.717) is 27.8 Å². The van der Waals surface area contributed by atoms with Crippen LogP contribution in [0.1, 0.15) is 0 Å². The van der Waals surface area contributed by atoms with Crippen molar-refractivity contribution in [1.82, 2.24) is 9.97 Å².